The molecule has 3 heterocycles. The molecule has 1 aromatic carbocycles. The van der Waals surface area contributed by atoms with Gasteiger partial charge in [0.05, 0.1) is 5.69 Å². The Balaban J connectivity index is 1.54. The zero-order valence-electron chi connectivity index (χ0n) is 15.3. The van der Waals surface area contributed by atoms with Crippen LogP contribution < -0.4 is 5.32 Å². The number of nitrogens with one attached hydrogen (secondary N) is 1. The van der Waals surface area contributed by atoms with E-state index in [1.807, 2.05) is 12.1 Å². The topological polar surface area (TPSA) is 95.1 Å². The van der Waals surface area contributed by atoms with E-state index in [1.165, 1.54) is 0 Å². The average Bonchev–Trinajstić information content (AvgIpc) is 3.36. The number of hydrogen-bond acceptors (Lipinski definition) is 6. The molecule has 1 saturated heterocycles. The maximum Gasteiger partial charge on any atom is 0.272 e. The van der Waals surface area contributed by atoms with Gasteiger partial charge in [-0.3, -0.25) is 4.79 Å². The van der Waals surface area contributed by atoms with Crippen LogP contribution in [0, 0.1) is 12.8 Å². The minimum Gasteiger partial charge on any atom is -0.381 e. The summed E-state index contributed by atoms with van der Waals surface area (Å²) >= 11 is 6.03. The van der Waals surface area contributed by atoms with Gasteiger partial charge in [0.15, 0.2) is 11.5 Å². The van der Waals surface area contributed by atoms with Gasteiger partial charge in [-0.05, 0) is 49.9 Å². The smallest absolute Gasteiger partial charge is 0.272 e. The molecular formula is C19H20ClN5O3. The Labute approximate surface area is 166 Å². The van der Waals surface area contributed by atoms with Crippen molar-refractivity contribution in [3.05, 3.63) is 59.0 Å². The Hall–Kier alpha value is -2.71. The second kappa shape index (κ2) is 8.12. The lowest BCUT2D eigenvalue weighted by Gasteiger charge is -2.28. The molecule has 2 aromatic heterocycles. The number of aromatic nitrogens is 4. The number of carbonyl (C=O) groups is 1. The Morgan fingerprint density at radius 3 is 2.86 bits per heavy atom. The van der Waals surface area contributed by atoms with Crippen LogP contribution in [0.4, 0.5) is 0 Å². The number of halogens is 1. The first-order valence-electron chi connectivity index (χ1n) is 9.10. The van der Waals surface area contributed by atoms with E-state index in [2.05, 4.69) is 20.6 Å². The number of hydrogen-bond donors (Lipinski definition) is 1. The van der Waals surface area contributed by atoms with E-state index >= 15 is 0 Å². The standard InChI is InChI=1S/C19H20ClN5O3/c1-12-21-19(28-24-12)17(13-6-9-27-10-7-13)22-18(26)16-5-8-25(23-16)15-4-2-3-14(20)11-15/h2-5,8,11,13,17H,6-7,9-10H2,1H3,(H,22,26). The number of benzene rings is 1. The molecule has 1 N–H and O–H groups in total. The molecule has 1 aliphatic rings. The first kappa shape index (κ1) is 18.6. The zero-order valence-corrected chi connectivity index (χ0v) is 16.1. The van der Waals surface area contributed by atoms with Crippen molar-refractivity contribution in [1.29, 1.82) is 0 Å². The highest BCUT2D eigenvalue weighted by atomic mass is 35.5. The Morgan fingerprint density at radius 2 is 2.14 bits per heavy atom. The molecule has 28 heavy (non-hydrogen) atoms. The molecule has 1 atom stereocenters. The third kappa shape index (κ3) is 4.07. The molecule has 0 bridgehead atoms. The quantitative estimate of drug-likeness (QED) is 0.705. The van der Waals surface area contributed by atoms with E-state index in [4.69, 9.17) is 20.9 Å². The van der Waals surface area contributed by atoms with Crippen molar-refractivity contribution in [2.75, 3.05) is 13.2 Å². The lowest BCUT2D eigenvalue weighted by atomic mass is 9.91. The van der Waals surface area contributed by atoms with E-state index in [9.17, 15) is 4.79 Å². The zero-order chi connectivity index (χ0) is 19.5. The number of amides is 1. The van der Waals surface area contributed by atoms with Crippen LogP contribution in [0.25, 0.3) is 5.69 Å². The number of ether oxygens (including phenoxy) is 1. The molecule has 0 aliphatic carbocycles. The normalized spacial score (nSPS) is 16.1. The second-order valence-electron chi connectivity index (χ2n) is 6.71. The van der Waals surface area contributed by atoms with E-state index < -0.39 is 0 Å². The minimum absolute atomic E-state index is 0.160. The summed E-state index contributed by atoms with van der Waals surface area (Å²) in [6.07, 6.45) is 3.34. The molecule has 8 nitrogen and oxygen atoms in total. The maximum atomic E-state index is 12.9. The summed E-state index contributed by atoms with van der Waals surface area (Å²) in [6, 6.07) is 8.55. The van der Waals surface area contributed by atoms with Crippen molar-refractivity contribution in [3.8, 4) is 5.69 Å². The van der Waals surface area contributed by atoms with Crippen molar-refractivity contribution in [2.24, 2.45) is 5.92 Å². The first-order chi connectivity index (χ1) is 13.6. The van der Waals surface area contributed by atoms with Crippen LogP contribution in [0.2, 0.25) is 5.02 Å². The van der Waals surface area contributed by atoms with Crippen LogP contribution in [0.15, 0.2) is 41.1 Å². The van der Waals surface area contributed by atoms with Crippen LogP contribution in [0.5, 0.6) is 0 Å². The molecule has 0 spiro atoms. The first-order valence-corrected chi connectivity index (χ1v) is 9.48. The van der Waals surface area contributed by atoms with Gasteiger partial charge < -0.3 is 14.6 Å². The molecule has 0 saturated carbocycles. The summed E-state index contributed by atoms with van der Waals surface area (Å²) in [5.74, 6) is 0.805. The van der Waals surface area contributed by atoms with Crippen molar-refractivity contribution in [2.45, 2.75) is 25.8 Å². The van der Waals surface area contributed by atoms with Gasteiger partial charge in [-0.2, -0.15) is 10.1 Å². The van der Waals surface area contributed by atoms with E-state index in [-0.39, 0.29) is 17.9 Å². The summed E-state index contributed by atoms with van der Waals surface area (Å²) in [6.45, 7) is 3.05. The summed E-state index contributed by atoms with van der Waals surface area (Å²) in [4.78, 5) is 17.2. The third-order valence-corrected chi connectivity index (χ3v) is 4.96. The van der Waals surface area contributed by atoms with Gasteiger partial charge in [-0.15, -0.1) is 0 Å². The van der Waals surface area contributed by atoms with Gasteiger partial charge in [0.2, 0.25) is 5.89 Å². The van der Waals surface area contributed by atoms with Gasteiger partial charge in [-0.25, -0.2) is 4.68 Å². The molecular weight excluding hydrogens is 382 g/mol. The van der Waals surface area contributed by atoms with Gasteiger partial charge in [0, 0.05) is 24.4 Å². The summed E-state index contributed by atoms with van der Waals surface area (Å²) in [5, 5.41) is 11.9. The molecule has 1 amide bonds. The summed E-state index contributed by atoms with van der Waals surface area (Å²) in [5.41, 5.74) is 1.08. The second-order valence-corrected chi connectivity index (χ2v) is 7.14. The maximum absolute atomic E-state index is 12.9. The molecule has 4 rings (SSSR count). The molecule has 3 aromatic rings. The fourth-order valence-corrected chi connectivity index (χ4v) is 3.48. The fourth-order valence-electron chi connectivity index (χ4n) is 3.29. The number of rotatable bonds is 5. The van der Waals surface area contributed by atoms with Crippen LogP contribution >= 0.6 is 11.6 Å². The van der Waals surface area contributed by atoms with Gasteiger partial charge in [0.25, 0.3) is 5.91 Å². The Bertz CT molecular complexity index is 964. The number of aryl methyl sites for hydroxylation is 1. The largest absolute Gasteiger partial charge is 0.381 e. The predicted molar refractivity (Wildman–Crippen MR) is 101 cm³/mol. The van der Waals surface area contributed by atoms with Crippen molar-refractivity contribution in [1.82, 2.24) is 25.2 Å². The summed E-state index contributed by atoms with van der Waals surface area (Å²) in [7, 11) is 0. The number of nitrogens with zero attached hydrogens (tertiary/aromatic N) is 4. The molecule has 1 aliphatic heterocycles. The summed E-state index contributed by atoms with van der Waals surface area (Å²) < 4.78 is 12.4. The van der Waals surface area contributed by atoms with Crippen molar-refractivity contribution < 1.29 is 14.1 Å². The van der Waals surface area contributed by atoms with Gasteiger partial charge in [0.1, 0.15) is 6.04 Å². The van der Waals surface area contributed by atoms with Crippen LogP contribution in [-0.2, 0) is 4.74 Å². The Morgan fingerprint density at radius 1 is 1.32 bits per heavy atom. The van der Waals surface area contributed by atoms with Crippen LogP contribution in [0.3, 0.4) is 0 Å². The van der Waals surface area contributed by atoms with E-state index in [0.717, 1.165) is 18.5 Å². The van der Waals surface area contributed by atoms with Crippen LogP contribution in [-0.4, -0.2) is 39.0 Å². The molecule has 146 valence electrons. The van der Waals surface area contributed by atoms with Crippen molar-refractivity contribution in [3.63, 3.8) is 0 Å². The van der Waals surface area contributed by atoms with Gasteiger partial charge >= 0.3 is 0 Å². The SMILES string of the molecule is Cc1noc(C(NC(=O)c2ccn(-c3cccc(Cl)c3)n2)C2CCOCC2)n1. The monoisotopic (exact) mass is 401 g/mol. The third-order valence-electron chi connectivity index (χ3n) is 4.73. The molecule has 1 unspecified atom stereocenters. The Kier molecular flexibility index (Phi) is 5.40. The van der Waals surface area contributed by atoms with Crippen molar-refractivity contribution >= 4 is 17.5 Å². The fraction of sp³-hybridized carbons (Fsp3) is 0.368. The van der Waals surface area contributed by atoms with E-state index in [1.54, 1.807) is 36.0 Å². The molecule has 9 heteroatoms. The lowest BCUT2D eigenvalue weighted by Crippen LogP contribution is -2.36. The average molecular weight is 402 g/mol. The lowest BCUT2D eigenvalue weighted by molar-refractivity contribution is 0.0467. The molecule has 0 radical (unpaired) electrons. The highest BCUT2D eigenvalue weighted by Gasteiger charge is 2.31. The highest BCUT2D eigenvalue weighted by Crippen LogP contribution is 2.29. The minimum atomic E-state index is -0.381. The van der Waals surface area contributed by atoms with Gasteiger partial charge in [-0.1, -0.05) is 22.8 Å². The highest BCUT2D eigenvalue weighted by molar-refractivity contribution is 6.30. The van der Waals surface area contributed by atoms with Crippen LogP contribution in [0.1, 0.15) is 41.1 Å². The number of carbonyl (C=O) groups excluding carboxylic acids is 1. The predicted octanol–water partition coefficient (Wildman–Crippen LogP) is 3.11. The molecule has 1 fully saturated rings. The van der Waals surface area contributed by atoms with E-state index in [0.29, 0.717) is 35.6 Å².